The van der Waals surface area contributed by atoms with Gasteiger partial charge in [0.25, 0.3) is 0 Å². The summed E-state index contributed by atoms with van der Waals surface area (Å²) in [4.78, 5) is 11.7. The van der Waals surface area contributed by atoms with Gasteiger partial charge in [0.05, 0.1) is 32.3 Å². The van der Waals surface area contributed by atoms with Gasteiger partial charge in [0.2, 0.25) is 10.0 Å². The molecule has 0 aliphatic carbocycles. The van der Waals surface area contributed by atoms with Gasteiger partial charge in [0.1, 0.15) is 6.04 Å². The minimum atomic E-state index is -4.00. The Morgan fingerprint density at radius 2 is 1.87 bits per heavy atom. The predicted molar refractivity (Wildman–Crippen MR) is 79.9 cm³/mol. The SMILES string of the molecule is COC(=O)C1C[C@@H](O)CN1S(=O)(=O)c1ccc(OC)c(OC)c1. The Bertz CT molecular complexity index is 688. The minimum absolute atomic E-state index is 0.000801. The number of carbonyl (C=O) groups excluding carboxylic acids is 1. The molecule has 1 aromatic rings. The van der Waals surface area contributed by atoms with Gasteiger partial charge in [-0.25, -0.2) is 8.42 Å². The molecule has 1 aliphatic rings. The first-order valence-corrected chi connectivity index (χ1v) is 8.29. The highest BCUT2D eigenvalue weighted by atomic mass is 32.2. The van der Waals surface area contributed by atoms with Crippen LogP contribution in [0.1, 0.15) is 6.42 Å². The maximum atomic E-state index is 12.8. The van der Waals surface area contributed by atoms with E-state index in [-0.39, 0.29) is 23.6 Å². The Balaban J connectivity index is 2.43. The van der Waals surface area contributed by atoms with Crippen LogP contribution in [0.25, 0.3) is 0 Å². The number of nitrogens with zero attached hydrogens (tertiary/aromatic N) is 1. The molecule has 0 bridgehead atoms. The van der Waals surface area contributed by atoms with Crippen molar-refractivity contribution in [3.63, 3.8) is 0 Å². The summed E-state index contributed by atoms with van der Waals surface area (Å²) in [5, 5.41) is 9.75. The van der Waals surface area contributed by atoms with Crippen LogP contribution in [-0.2, 0) is 19.6 Å². The van der Waals surface area contributed by atoms with Crippen LogP contribution in [-0.4, -0.2) is 63.8 Å². The number of sulfonamides is 1. The molecule has 1 unspecified atom stereocenters. The van der Waals surface area contributed by atoms with Crippen LogP contribution in [0.2, 0.25) is 0 Å². The molecule has 1 aliphatic heterocycles. The van der Waals surface area contributed by atoms with E-state index in [1.807, 2.05) is 0 Å². The number of rotatable bonds is 5. The first-order chi connectivity index (χ1) is 10.8. The Kier molecular flexibility index (Phi) is 5.12. The monoisotopic (exact) mass is 345 g/mol. The van der Waals surface area contributed by atoms with Crippen LogP contribution in [0.4, 0.5) is 0 Å². The van der Waals surface area contributed by atoms with Gasteiger partial charge in [-0.3, -0.25) is 4.79 Å². The van der Waals surface area contributed by atoms with Crippen LogP contribution in [0.5, 0.6) is 11.5 Å². The zero-order valence-electron chi connectivity index (χ0n) is 13.1. The lowest BCUT2D eigenvalue weighted by Crippen LogP contribution is -2.41. The van der Waals surface area contributed by atoms with Crippen molar-refractivity contribution < 1.29 is 32.5 Å². The summed E-state index contributed by atoms with van der Waals surface area (Å²) in [6.45, 7) is -0.170. The molecule has 2 atom stereocenters. The molecular formula is C14H19NO7S. The summed E-state index contributed by atoms with van der Waals surface area (Å²) >= 11 is 0. The van der Waals surface area contributed by atoms with E-state index in [0.717, 1.165) is 4.31 Å². The Hall–Kier alpha value is -1.84. The largest absolute Gasteiger partial charge is 0.493 e. The summed E-state index contributed by atoms with van der Waals surface area (Å²) in [7, 11) is 0.0129. The summed E-state index contributed by atoms with van der Waals surface area (Å²) in [5.41, 5.74) is 0. The van der Waals surface area contributed by atoms with Crippen molar-refractivity contribution >= 4 is 16.0 Å². The molecule has 128 valence electrons. The normalized spacial score (nSPS) is 21.9. The molecular weight excluding hydrogens is 326 g/mol. The summed E-state index contributed by atoms with van der Waals surface area (Å²) in [6.07, 6.45) is -0.923. The molecule has 1 heterocycles. The lowest BCUT2D eigenvalue weighted by Gasteiger charge is -2.22. The van der Waals surface area contributed by atoms with E-state index in [0.29, 0.717) is 5.75 Å². The van der Waals surface area contributed by atoms with Crippen LogP contribution >= 0.6 is 0 Å². The lowest BCUT2D eigenvalue weighted by atomic mass is 10.2. The van der Waals surface area contributed by atoms with Gasteiger partial charge in [-0.1, -0.05) is 0 Å². The molecule has 1 saturated heterocycles. The fourth-order valence-corrected chi connectivity index (χ4v) is 4.15. The topological polar surface area (TPSA) is 102 Å². The number of aliphatic hydroxyl groups is 1. The molecule has 0 spiro atoms. The number of β-amino-alcohol motifs (C(OH)–C–C–N with tert-alkyl or cyclic N) is 1. The first kappa shape index (κ1) is 17.5. The van der Waals surface area contributed by atoms with Gasteiger partial charge in [-0.05, 0) is 12.1 Å². The number of hydrogen-bond donors (Lipinski definition) is 1. The van der Waals surface area contributed by atoms with Crippen molar-refractivity contribution in [3.05, 3.63) is 18.2 Å². The number of ether oxygens (including phenoxy) is 3. The third kappa shape index (κ3) is 3.26. The number of hydrogen-bond acceptors (Lipinski definition) is 7. The zero-order valence-corrected chi connectivity index (χ0v) is 13.9. The van der Waals surface area contributed by atoms with Gasteiger partial charge in [0, 0.05) is 19.0 Å². The molecule has 2 rings (SSSR count). The quantitative estimate of drug-likeness (QED) is 0.749. The van der Waals surface area contributed by atoms with E-state index in [2.05, 4.69) is 4.74 Å². The summed E-state index contributed by atoms with van der Waals surface area (Å²) in [6, 6.07) is 3.09. The number of esters is 1. The first-order valence-electron chi connectivity index (χ1n) is 6.85. The molecule has 1 aromatic carbocycles. The number of aliphatic hydroxyl groups excluding tert-OH is 1. The van der Waals surface area contributed by atoms with Gasteiger partial charge in [0.15, 0.2) is 11.5 Å². The molecule has 1 N–H and O–H groups in total. The molecule has 9 heteroatoms. The fourth-order valence-electron chi connectivity index (χ4n) is 2.51. The lowest BCUT2D eigenvalue weighted by molar-refractivity contribution is -0.144. The van der Waals surface area contributed by atoms with E-state index in [4.69, 9.17) is 9.47 Å². The zero-order chi connectivity index (χ0) is 17.2. The van der Waals surface area contributed by atoms with E-state index in [1.165, 1.54) is 39.5 Å². The highest BCUT2D eigenvalue weighted by Gasteiger charge is 2.44. The minimum Gasteiger partial charge on any atom is -0.493 e. The van der Waals surface area contributed by atoms with Crippen LogP contribution in [0.3, 0.4) is 0 Å². The second-order valence-electron chi connectivity index (χ2n) is 5.02. The van der Waals surface area contributed by atoms with Gasteiger partial charge < -0.3 is 19.3 Å². The third-order valence-electron chi connectivity index (χ3n) is 3.67. The standard InChI is InChI=1S/C14H19NO7S/c1-20-12-5-4-10(7-13(12)21-2)23(18,19)15-8-9(16)6-11(15)14(17)22-3/h4-5,7,9,11,16H,6,8H2,1-3H3/t9-,11?/m1/s1. The van der Waals surface area contributed by atoms with Crippen molar-refractivity contribution in [2.24, 2.45) is 0 Å². The van der Waals surface area contributed by atoms with Crippen molar-refractivity contribution in [3.8, 4) is 11.5 Å². The van der Waals surface area contributed by atoms with E-state index in [1.54, 1.807) is 0 Å². The van der Waals surface area contributed by atoms with E-state index in [9.17, 15) is 18.3 Å². The van der Waals surface area contributed by atoms with Crippen molar-refractivity contribution in [1.29, 1.82) is 0 Å². The number of methoxy groups -OCH3 is 3. The van der Waals surface area contributed by atoms with Crippen molar-refractivity contribution in [2.45, 2.75) is 23.5 Å². The van der Waals surface area contributed by atoms with E-state index >= 15 is 0 Å². The summed E-state index contributed by atoms with van der Waals surface area (Å²) in [5.74, 6) is -0.0639. The smallest absolute Gasteiger partial charge is 0.324 e. The predicted octanol–water partition coefficient (Wildman–Crippen LogP) is 0.000700. The molecule has 0 aromatic heterocycles. The summed E-state index contributed by atoms with van der Waals surface area (Å²) < 4.78 is 41.3. The van der Waals surface area contributed by atoms with Gasteiger partial charge in [-0.2, -0.15) is 4.31 Å². The molecule has 1 fully saturated rings. The van der Waals surface area contributed by atoms with Gasteiger partial charge >= 0.3 is 5.97 Å². The average molecular weight is 345 g/mol. The highest BCUT2D eigenvalue weighted by molar-refractivity contribution is 7.89. The molecule has 0 amide bonds. The van der Waals surface area contributed by atoms with Crippen molar-refractivity contribution in [2.75, 3.05) is 27.9 Å². The maximum Gasteiger partial charge on any atom is 0.324 e. The van der Waals surface area contributed by atoms with Crippen molar-refractivity contribution in [1.82, 2.24) is 4.31 Å². The van der Waals surface area contributed by atoms with Crippen LogP contribution in [0.15, 0.2) is 23.1 Å². The average Bonchev–Trinajstić information content (AvgIpc) is 2.96. The molecule has 23 heavy (non-hydrogen) atoms. The molecule has 8 nitrogen and oxygen atoms in total. The molecule has 0 saturated carbocycles. The Morgan fingerprint density at radius 1 is 1.22 bits per heavy atom. The Labute approximate surface area is 134 Å². The number of benzene rings is 1. The maximum absolute atomic E-state index is 12.8. The van der Waals surface area contributed by atoms with Crippen LogP contribution in [0, 0.1) is 0 Å². The Morgan fingerprint density at radius 3 is 2.43 bits per heavy atom. The molecule has 0 radical (unpaired) electrons. The third-order valence-corrected chi connectivity index (χ3v) is 5.54. The van der Waals surface area contributed by atoms with Crippen LogP contribution < -0.4 is 9.47 Å². The fraction of sp³-hybridized carbons (Fsp3) is 0.500. The van der Waals surface area contributed by atoms with Gasteiger partial charge in [-0.15, -0.1) is 0 Å². The second kappa shape index (κ2) is 6.73. The second-order valence-corrected chi connectivity index (χ2v) is 6.91. The van der Waals surface area contributed by atoms with E-state index < -0.39 is 28.1 Å². The highest BCUT2D eigenvalue weighted by Crippen LogP contribution is 2.33. The number of carbonyl (C=O) groups is 1.